The van der Waals surface area contributed by atoms with E-state index in [1.807, 2.05) is 6.92 Å². The summed E-state index contributed by atoms with van der Waals surface area (Å²) in [6.45, 7) is 6.18. The molecule has 0 bridgehead atoms. The van der Waals surface area contributed by atoms with Gasteiger partial charge in [-0.25, -0.2) is 0 Å². The summed E-state index contributed by atoms with van der Waals surface area (Å²) in [5, 5.41) is 0. The van der Waals surface area contributed by atoms with Crippen LogP contribution in [0.2, 0.25) is 0 Å². The van der Waals surface area contributed by atoms with E-state index in [-0.39, 0.29) is 0 Å². The van der Waals surface area contributed by atoms with E-state index in [9.17, 15) is 0 Å². The van der Waals surface area contributed by atoms with Crippen LogP contribution in [0.3, 0.4) is 0 Å². The van der Waals surface area contributed by atoms with Gasteiger partial charge in [0.25, 0.3) is 0 Å². The topological polar surface area (TPSA) is 0 Å². The summed E-state index contributed by atoms with van der Waals surface area (Å²) in [6.07, 6.45) is 0. The lowest BCUT2D eigenvalue weighted by molar-refractivity contribution is 1.13. The van der Waals surface area contributed by atoms with Gasteiger partial charge in [-0.3, -0.25) is 0 Å². The monoisotopic (exact) mass is 284 g/mol. The Morgan fingerprint density at radius 2 is 2.08 bits per heavy atom. The van der Waals surface area contributed by atoms with E-state index in [1.54, 1.807) is 0 Å². The second-order valence-corrected chi connectivity index (χ2v) is 4.95. The highest BCUT2D eigenvalue weighted by molar-refractivity contribution is 14.1. The molecule has 1 rings (SSSR count). The maximum absolute atomic E-state index is 3.13. The van der Waals surface area contributed by atoms with Crippen molar-refractivity contribution in [2.45, 2.75) is 24.7 Å². The Kier molecular flexibility index (Phi) is 3.80. The van der Waals surface area contributed by atoms with E-state index in [0.717, 1.165) is 5.56 Å². The second kappa shape index (κ2) is 4.66. The molecular weight excluding hydrogens is 271 g/mol. The van der Waals surface area contributed by atoms with Crippen LogP contribution in [0.25, 0.3) is 0 Å². The van der Waals surface area contributed by atoms with Crippen molar-refractivity contribution in [2.24, 2.45) is 0 Å². The quantitative estimate of drug-likeness (QED) is 0.417. The first-order chi connectivity index (χ1) is 6.15. The Bertz CT molecular complexity index is 353. The highest BCUT2D eigenvalue weighted by Crippen LogP contribution is 2.26. The van der Waals surface area contributed by atoms with Crippen molar-refractivity contribution in [1.82, 2.24) is 0 Å². The van der Waals surface area contributed by atoms with E-state index in [1.165, 1.54) is 11.1 Å². The van der Waals surface area contributed by atoms with Gasteiger partial charge in [-0.2, -0.15) is 0 Å². The van der Waals surface area contributed by atoms with Crippen molar-refractivity contribution in [3.05, 3.63) is 34.9 Å². The first-order valence-electron chi connectivity index (χ1n) is 4.32. The minimum absolute atomic E-state index is 0.522. The van der Waals surface area contributed by atoms with E-state index in [0.29, 0.717) is 3.92 Å². The molecule has 0 saturated heterocycles. The van der Waals surface area contributed by atoms with E-state index < -0.39 is 0 Å². The van der Waals surface area contributed by atoms with E-state index in [4.69, 9.17) is 0 Å². The highest BCUT2D eigenvalue weighted by atomic mass is 127. The summed E-state index contributed by atoms with van der Waals surface area (Å²) in [4.78, 5) is 0. The number of aryl methyl sites for hydroxylation is 1. The lowest BCUT2D eigenvalue weighted by Crippen LogP contribution is -1.90. The first-order valence-corrected chi connectivity index (χ1v) is 5.57. The van der Waals surface area contributed by atoms with Crippen LogP contribution in [-0.4, -0.2) is 0 Å². The van der Waals surface area contributed by atoms with Crippen LogP contribution in [0.5, 0.6) is 0 Å². The molecule has 0 N–H and O–H groups in total. The molecule has 1 atom stereocenters. The SMILES string of the molecule is CC#Cc1ccc(C)cc1[C@H](C)I. The first kappa shape index (κ1) is 10.6. The molecule has 0 amide bonds. The second-order valence-electron chi connectivity index (χ2n) is 3.08. The molecule has 0 aliphatic carbocycles. The maximum Gasteiger partial charge on any atom is 0.0343 e. The fourth-order valence-corrected chi connectivity index (χ4v) is 1.78. The Morgan fingerprint density at radius 3 is 2.62 bits per heavy atom. The van der Waals surface area contributed by atoms with Gasteiger partial charge in [0, 0.05) is 9.49 Å². The summed E-state index contributed by atoms with van der Waals surface area (Å²) in [5.41, 5.74) is 3.81. The average Bonchev–Trinajstić information content (AvgIpc) is 2.08. The average molecular weight is 284 g/mol. The molecular formula is C12H13I. The number of hydrogen-bond acceptors (Lipinski definition) is 0. The fraction of sp³-hybridized carbons (Fsp3) is 0.333. The Morgan fingerprint density at radius 1 is 1.38 bits per heavy atom. The third kappa shape index (κ3) is 2.73. The standard InChI is InChI=1S/C12H13I/c1-4-5-11-7-6-9(2)8-12(11)10(3)13/h6-8,10H,1-3H3/t10-/m0/s1. The fourth-order valence-electron chi connectivity index (χ4n) is 1.26. The molecule has 0 heterocycles. The van der Waals surface area contributed by atoms with Crippen molar-refractivity contribution in [3.8, 4) is 11.8 Å². The van der Waals surface area contributed by atoms with Gasteiger partial charge < -0.3 is 0 Å². The van der Waals surface area contributed by atoms with E-state index >= 15 is 0 Å². The van der Waals surface area contributed by atoms with Gasteiger partial charge in [0.05, 0.1) is 0 Å². The minimum Gasteiger partial charge on any atom is -0.101 e. The van der Waals surface area contributed by atoms with Crippen molar-refractivity contribution < 1.29 is 0 Å². The lowest BCUT2D eigenvalue weighted by atomic mass is 10.0. The van der Waals surface area contributed by atoms with Crippen molar-refractivity contribution in [2.75, 3.05) is 0 Å². The molecule has 0 aliphatic rings. The molecule has 1 heteroatoms. The van der Waals surface area contributed by atoms with Crippen molar-refractivity contribution in [1.29, 1.82) is 0 Å². The van der Waals surface area contributed by atoms with Gasteiger partial charge in [0.15, 0.2) is 0 Å². The van der Waals surface area contributed by atoms with Crippen LogP contribution in [0.1, 0.15) is 34.5 Å². The zero-order valence-corrected chi connectivity index (χ0v) is 10.3. The molecule has 0 saturated carbocycles. The number of rotatable bonds is 1. The molecule has 0 radical (unpaired) electrons. The van der Waals surface area contributed by atoms with Gasteiger partial charge in [0.2, 0.25) is 0 Å². The van der Waals surface area contributed by atoms with Crippen LogP contribution >= 0.6 is 22.6 Å². The van der Waals surface area contributed by atoms with Gasteiger partial charge >= 0.3 is 0 Å². The molecule has 1 aromatic carbocycles. The summed E-state index contributed by atoms with van der Waals surface area (Å²) in [7, 11) is 0. The highest BCUT2D eigenvalue weighted by Gasteiger charge is 2.05. The molecule has 0 aromatic heterocycles. The van der Waals surface area contributed by atoms with Gasteiger partial charge in [0.1, 0.15) is 0 Å². The van der Waals surface area contributed by atoms with Crippen LogP contribution < -0.4 is 0 Å². The smallest absolute Gasteiger partial charge is 0.0343 e. The molecule has 0 nitrogen and oxygen atoms in total. The summed E-state index contributed by atoms with van der Waals surface area (Å²) in [5.74, 6) is 6.08. The number of halogens is 1. The summed E-state index contributed by atoms with van der Waals surface area (Å²) < 4.78 is 0.522. The van der Waals surface area contributed by atoms with Crippen molar-refractivity contribution >= 4 is 22.6 Å². The largest absolute Gasteiger partial charge is 0.101 e. The third-order valence-electron chi connectivity index (χ3n) is 1.90. The van der Waals surface area contributed by atoms with Gasteiger partial charge in [-0.05, 0) is 32.4 Å². The van der Waals surface area contributed by atoms with Crippen LogP contribution in [-0.2, 0) is 0 Å². The zero-order valence-electron chi connectivity index (χ0n) is 8.19. The molecule has 0 fully saturated rings. The molecule has 1 aromatic rings. The molecule has 68 valence electrons. The molecule has 13 heavy (non-hydrogen) atoms. The lowest BCUT2D eigenvalue weighted by Gasteiger charge is -2.07. The number of benzene rings is 1. The predicted molar refractivity (Wildman–Crippen MR) is 66.2 cm³/mol. The maximum atomic E-state index is 3.13. The van der Waals surface area contributed by atoms with Gasteiger partial charge in [-0.15, -0.1) is 5.92 Å². The molecule has 0 aliphatic heterocycles. The van der Waals surface area contributed by atoms with Crippen molar-refractivity contribution in [3.63, 3.8) is 0 Å². The molecule has 0 unspecified atom stereocenters. The predicted octanol–water partition coefficient (Wildman–Crippen LogP) is 3.86. The van der Waals surface area contributed by atoms with Crippen LogP contribution in [0.4, 0.5) is 0 Å². The Balaban J connectivity index is 3.24. The van der Waals surface area contributed by atoms with Gasteiger partial charge in [-0.1, -0.05) is 46.2 Å². The normalized spacial score (nSPS) is 11.7. The third-order valence-corrected chi connectivity index (χ3v) is 2.57. The Labute approximate surface area is 93.9 Å². The van der Waals surface area contributed by atoms with Crippen LogP contribution in [0.15, 0.2) is 18.2 Å². The number of alkyl halides is 1. The van der Waals surface area contributed by atoms with Crippen LogP contribution in [0, 0.1) is 18.8 Å². The van der Waals surface area contributed by atoms with E-state index in [2.05, 4.69) is 66.5 Å². The minimum atomic E-state index is 0.522. The Hall–Kier alpha value is -0.490. The molecule has 0 spiro atoms. The zero-order chi connectivity index (χ0) is 9.84. The summed E-state index contributed by atoms with van der Waals surface area (Å²) >= 11 is 2.42. The summed E-state index contributed by atoms with van der Waals surface area (Å²) in [6, 6.07) is 6.44. The number of hydrogen-bond donors (Lipinski definition) is 0.